The molecule has 1 nitrogen and oxygen atoms in total. The largest absolute Gasteiger partial charge is 0.183 e. The first-order valence-electron chi connectivity index (χ1n) is 5.10. The van der Waals surface area contributed by atoms with Gasteiger partial charge in [-0.05, 0) is 25.2 Å². The second-order valence-corrected chi connectivity index (χ2v) is 4.45. The Hall–Kier alpha value is -0.950. The zero-order valence-corrected chi connectivity index (χ0v) is 8.56. The van der Waals surface area contributed by atoms with Crippen molar-refractivity contribution in [3.05, 3.63) is 0 Å². The molecule has 1 aliphatic rings. The minimum atomic E-state index is 0.184. The first-order chi connectivity index (χ1) is 6.18. The Labute approximate surface area is 81.1 Å². The highest BCUT2D eigenvalue weighted by atomic mass is 14.4. The van der Waals surface area contributed by atoms with Crippen molar-refractivity contribution in [1.82, 2.24) is 0 Å². The summed E-state index contributed by atoms with van der Waals surface area (Å²) in [5, 5.41) is 8.45. The summed E-state index contributed by atoms with van der Waals surface area (Å²) in [4.78, 5) is 0. The van der Waals surface area contributed by atoms with Gasteiger partial charge in [0.25, 0.3) is 0 Å². The Morgan fingerprint density at radius 2 is 1.92 bits per heavy atom. The lowest BCUT2D eigenvalue weighted by molar-refractivity contribution is 0.326. The van der Waals surface area contributed by atoms with Crippen LogP contribution in [-0.2, 0) is 0 Å². The summed E-state index contributed by atoms with van der Waals surface area (Å²) in [6.45, 7) is 4.46. The second kappa shape index (κ2) is 4.33. The fraction of sp³-hybridized carbons (Fsp3) is 0.750. The van der Waals surface area contributed by atoms with Crippen molar-refractivity contribution in [2.45, 2.75) is 46.0 Å². The number of nitriles is 1. The zero-order chi connectivity index (χ0) is 9.73. The van der Waals surface area contributed by atoms with E-state index in [0.29, 0.717) is 5.92 Å². The highest BCUT2D eigenvalue weighted by molar-refractivity contribution is 5.23. The van der Waals surface area contributed by atoms with E-state index in [1.165, 1.54) is 25.7 Å². The van der Waals surface area contributed by atoms with Gasteiger partial charge in [0.2, 0.25) is 0 Å². The molecule has 13 heavy (non-hydrogen) atoms. The maximum Gasteiger partial charge on any atom is 0.152 e. The number of rotatable bonds is 2. The van der Waals surface area contributed by atoms with E-state index in [4.69, 9.17) is 5.26 Å². The third-order valence-corrected chi connectivity index (χ3v) is 2.74. The van der Waals surface area contributed by atoms with E-state index in [1.807, 2.05) is 6.07 Å². The lowest BCUT2D eigenvalue weighted by atomic mass is 9.79. The minimum Gasteiger partial charge on any atom is -0.183 e. The van der Waals surface area contributed by atoms with Gasteiger partial charge < -0.3 is 0 Å². The second-order valence-electron chi connectivity index (χ2n) is 4.45. The summed E-state index contributed by atoms with van der Waals surface area (Å²) in [6.07, 6.45) is 6.11. The number of hydrogen-bond donors (Lipinski definition) is 0. The molecule has 1 saturated carbocycles. The highest BCUT2D eigenvalue weighted by Crippen LogP contribution is 2.42. The van der Waals surface area contributed by atoms with Crippen LogP contribution >= 0.6 is 0 Å². The Morgan fingerprint density at radius 3 is 2.38 bits per heavy atom. The molecule has 0 amide bonds. The third kappa shape index (κ3) is 2.78. The van der Waals surface area contributed by atoms with Crippen LogP contribution in [-0.4, -0.2) is 0 Å². The van der Waals surface area contributed by atoms with Gasteiger partial charge in [-0.3, -0.25) is 0 Å². The Kier molecular flexibility index (Phi) is 3.38. The van der Waals surface area contributed by atoms with Gasteiger partial charge in [0.1, 0.15) is 0 Å². The summed E-state index contributed by atoms with van der Waals surface area (Å²) >= 11 is 0. The predicted octanol–water partition coefficient (Wildman–Crippen LogP) is 3.12. The van der Waals surface area contributed by atoms with Crippen LogP contribution in [0, 0.1) is 34.5 Å². The molecule has 0 aromatic heterocycles. The van der Waals surface area contributed by atoms with Crippen LogP contribution in [0.2, 0.25) is 0 Å². The smallest absolute Gasteiger partial charge is 0.152 e. The molecule has 1 rings (SSSR count). The molecule has 0 radical (unpaired) electrons. The van der Waals surface area contributed by atoms with E-state index in [9.17, 15) is 0 Å². The Balaban J connectivity index is 2.70. The molecule has 0 aliphatic heterocycles. The topological polar surface area (TPSA) is 23.8 Å². The van der Waals surface area contributed by atoms with Crippen LogP contribution < -0.4 is 0 Å². The summed E-state index contributed by atoms with van der Waals surface area (Å²) in [5.41, 5.74) is 0.184. The van der Waals surface area contributed by atoms with Gasteiger partial charge in [0, 0.05) is 11.3 Å². The molecule has 1 fully saturated rings. The predicted molar refractivity (Wildman–Crippen MR) is 53.7 cm³/mol. The van der Waals surface area contributed by atoms with Crippen LogP contribution in [0.15, 0.2) is 0 Å². The normalized spacial score (nSPS) is 19.2. The molecule has 1 aliphatic carbocycles. The molecule has 0 spiro atoms. The van der Waals surface area contributed by atoms with Crippen molar-refractivity contribution >= 4 is 0 Å². The van der Waals surface area contributed by atoms with Crippen molar-refractivity contribution in [3.8, 4) is 17.9 Å². The van der Waals surface area contributed by atoms with Crippen molar-refractivity contribution in [3.63, 3.8) is 0 Å². The summed E-state index contributed by atoms with van der Waals surface area (Å²) in [6, 6.07) is 1.93. The molecule has 1 heteroatoms. The van der Waals surface area contributed by atoms with E-state index in [2.05, 4.69) is 25.7 Å². The van der Waals surface area contributed by atoms with E-state index in [-0.39, 0.29) is 5.41 Å². The van der Waals surface area contributed by atoms with Gasteiger partial charge in [0.05, 0.1) is 0 Å². The van der Waals surface area contributed by atoms with Crippen LogP contribution in [0.1, 0.15) is 46.0 Å². The summed E-state index contributed by atoms with van der Waals surface area (Å²) in [5.74, 6) is 6.44. The minimum absolute atomic E-state index is 0.184. The van der Waals surface area contributed by atoms with Gasteiger partial charge in [0.15, 0.2) is 6.07 Å². The van der Waals surface area contributed by atoms with Crippen molar-refractivity contribution in [2.75, 3.05) is 0 Å². The van der Waals surface area contributed by atoms with Gasteiger partial charge in [-0.15, -0.1) is 0 Å². The van der Waals surface area contributed by atoms with E-state index in [0.717, 1.165) is 6.42 Å². The molecule has 0 atom stereocenters. The molecule has 0 saturated heterocycles. The van der Waals surface area contributed by atoms with Crippen LogP contribution in [0.5, 0.6) is 0 Å². The lowest BCUT2D eigenvalue weighted by Crippen LogP contribution is -2.16. The Bertz CT molecular complexity index is 253. The van der Waals surface area contributed by atoms with Crippen LogP contribution in [0.3, 0.4) is 0 Å². The first-order valence-corrected chi connectivity index (χ1v) is 5.10. The van der Waals surface area contributed by atoms with E-state index in [1.54, 1.807) is 0 Å². The van der Waals surface area contributed by atoms with Crippen molar-refractivity contribution < 1.29 is 0 Å². The maximum absolute atomic E-state index is 8.45. The molecule has 0 heterocycles. The van der Waals surface area contributed by atoms with Crippen molar-refractivity contribution in [2.24, 2.45) is 11.3 Å². The maximum atomic E-state index is 8.45. The van der Waals surface area contributed by atoms with Gasteiger partial charge in [-0.25, -0.2) is 0 Å². The van der Waals surface area contributed by atoms with E-state index >= 15 is 0 Å². The number of hydrogen-bond acceptors (Lipinski definition) is 1. The molecule has 0 unspecified atom stereocenters. The highest BCUT2D eigenvalue weighted by Gasteiger charge is 2.32. The zero-order valence-electron chi connectivity index (χ0n) is 8.56. The lowest BCUT2D eigenvalue weighted by Gasteiger charge is -2.24. The average Bonchev–Trinajstić information content (AvgIpc) is 2.49. The standard InChI is InChI=1S/C12H17N/c1-11(2)10-12(8-5-9-13)6-3-4-7-12/h11H,3-4,6-7,10H2,1-2H3. The van der Waals surface area contributed by atoms with Gasteiger partial charge in [-0.2, -0.15) is 5.26 Å². The Morgan fingerprint density at radius 1 is 1.31 bits per heavy atom. The molecule has 70 valence electrons. The molecule has 0 N–H and O–H groups in total. The number of nitrogens with zero attached hydrogens (tertiary/aromatic N) is 1. The van der Waals surface area contributed by atoms with Gasteiger partial charge >= 0.3 is 0 Å². The SMILES string of the molecule is CC(C)CC1(C#CC#N)CCCC1. The molecular weight excluding hydrogens is 158 g/mol. The summed E-state index contributed by atoms with van der Waals surface area (Å²) in [7, 11) is 0. The van der Waals surface area contributed by atoms with Crippen LogP contribution in [0.4, 0.5) is 0 Å². The molecule has 0 bridgehead atoms. The fourth-order valence-corrected chi connectivity index (χ4v) is 2.37. The molecular formula is C12H17N. The quantitative estimate of drug-likeness (QED) is 0.591. The molecule has 0 aromatic rings. The first kappa shape index (κ1) is 10.1. The van der Waals surface area contributed by atoms with Crippen molar-refractivity contribution in [1.29, 1.82) is 5.26 Å². The third-order valence-electron chi connectivity index (χ3n) is 2.74. The van der Waals surface area contributed by atoms with E-state index < -0.39 is 0 Å². The summed E-state index contributed by atoms with van der Waals surface area (Å²) < 4.78 is 0. The average molecular weight is 175 g/mol. The van der Waals surface area contributed by atoms with Crippen LogP contribution in [0.25, 0.3) is 0 Å². The molecule has 0 aromatic carbocycles. The van der Waals surface area contributed by atoms with Gasteiger partial charge in [-0.1, -0.05) is 32.6 Å². The monoisotopic (exact) mass is 175 g/mol. The fourth-order valence-electron chi connectivity index (χ4n) is 2.37.